The van der Waals surface area contributed by atoms with Crippen LogP contribution in [0.4, 0.5) is 4.79 Å². The maximum absolute atomic E-state index is 12.1. The molecule has 0 atom stereocenters. The number of rotatable bonds is 2. The van der Waals surface area contributed by atoms with Gasteiger partial charge in [0.15, 0.2) is 5.17 Å². The van der Waals surface area contributed by atoms with Crippen LogP contribution in [0.2, 0.25) is 0 Å². The average molecular weight is 323 g/mol. The predicted octanol–water partition coefficient (Wildman–Crippen LogP) is 3.28. The Labute approximate surface area is 136 Å². The number of carbonyl (C=O) groups excluding carboxylic acids is 1. The van der Waals surface area contributed by atoms with Crippen molar-refractivity contribution in [3.63, 3.8) is 0 Å². The highest BCUT2D eigenvalue weighted by Crippen LogP contribution is 2.37. The van der Waals surface area contributed by atoms with Crippen molar-refractivity contribution in [2.45, 2.75) is 45.6 Å². The second kappa shape index (κ2) is 6.14. The average Bonchev–Trinajstić information content (AvgIpc) is 2.98. The van der Waals surface area contributed by atoms with Gasteiger partial charge in [0.05, 0.1) is 6.54 Å². The molecule has 3 heterocycles. The van der Waals surface area contributed by atoms with E-state index in [1.807, 2.05) is 37.4 Å². The highest BCUT2D eigenvalue weighted by Gasteiger charge is 2.30. The van der Waals surface area contributed by atoms with Crippen molar-refractivity contribution in [1.29, 1.82) is 0 Å². The van der Waals surface area contributed by atoms with Crippen molar-refractivity contribution in [1.82, 2.24) is 9.80 Å². The second-order valence-electron chi connectivity index (χ2n) is 7.17. The lowest BCUT2D eigenvalue weighted by Gasteiger charge is -2.33. The number of nitrogens with zero attached hydrogens (tertiary/aromatic N) is 3. The third-order valence-electron chi connectivity index (χ3n) is 4.11. The highest BCUT2D eigenvalue weighted by molar-refractivity contribution is 8.17. The minimum Gasteiger partial charge on any atom is -0.444 e. The largest absolute Gasteiger partial charge is 0.444 e. The monoisotopic (exact) mass is 323 g/mol. The summed E-state index contributed by atoms with van der Waals surface area (Å²) in [4.78, 5) is 22.1. The van der Waals surface area contributed by atoms with Gasteiger partial charge in [0.25, 0.3) is 0 Å². The maximum Gasteiger partial charge on any atom is 0.410 e. The number of likely N-dealkylation sites (tertiary alicyclic amines) is 1. The van der Waals surface area contributed by atoms with Crippen LogP contribution in [0.1, 0.15) is 40.0 Å². The van der Waals surface area contributed by atoms with Gasteiger partial charge in [-0.15, -0.1) is 0 Å². The molecule has 1 amide bonds. The number of hydrogen-bond donors (Lipinski definition) is 0. The summed E-state index contributed by atoms with van der Waals surface area (Å²) in [6.07, 6.45) is 5.32. The highest BCUT2D eigenvalue weighted by atomic mass is 32.2. The molecular weight excluding hydrogens is 298 g/mol. The van der Waals surface area contributed by atoms with Crippen LogP contribution in [0, 0.1) is 5.92 Å². The molecular formula is C16H25N3O2S. The molecule has 5 nitrogen and oxygen atoms in total. The number of aliphatic imine (C=N–C) groups is 1. The molecule has 0 unspecified atom stereocenters. The van der Waals surface area contributed by atoms with E-state index in [1.54, 1.807) is 0 Å². The molecule has 0 saturated carbocycles. The molecule has 0 spiro atoms. The van der Waals surface area contributed by atoms with E-state index in [0.29, 0.717) is 5.92 Å². The summed E-state index contributed by atoms with van der Waals surface area (Å²) in [7, 11) is 0. The first-order valence-electron chi connectivity index (χ1n) is 8.08. The zero-order valence-corrected chi connectivity index (χ0v) is 14.5. The third kappa shape index (κ3) is 3.77. The SMILES string of the molecule is CC(C)(C)OC(=O)N1CCC(CC2=CN3CCN=C3S2)CC1. The number of ether oxygens (including phenoxy) is 1. The van der Waals surface area contributed by atoms with E-state index in [1.165, 1.54) is 10.1 Å². The molecule has 3 rings (SSSR count). The first-order chi connectivity index (χ1) is 10.4. The number of piperidine rings is 1. The number of allylic oxidation sites excluding steroid dienone is 1. The summed E-state index contributed by atoms with van der Waals surface area (Å²) in [5, 5.41) is 1.17. The van der Waals surface area contributed by atoms with Crippen molar-refractivity contribution in [3.05, 3.63) is 11.1 Å². The van der Waals surface area contributed by atoms with Gasteiger partial charge in [-0.25, -0.2) is 4.79 Å². The van der Waals surface area contributed by atoms with Gasteiger partial charge in [0, 0.05) is 30.7 Å². The normalized spacial score (nSPS) is 22.5. The number of carbonyl (C=O) groups is 1. The van der Waals surface area contributed by atoms with Crippen LogP contribution in [0.15, 0.2) is 16.1 Å². The molecule has 122 valence electrons. The summed E-state index contributed by atoms with van der Waals surface area (Å²) >= 11 is 1.82. The van der Waals surface area contributed by atoms with Crippen molar-refractivity contribution < 1.29 is 9.53 Å². The van der Waals surface area contributed by atoms with Gasteiger partial charge >= 0.3 is 6.09 Å². The summed E-state index contributed by atoms with van der Waals surface area (Å²) < 4.78 is 5.45. The molecule has 1 fully saturated rings. The minimum atomic E-state index is -0.411. The van der Waals surface area contributed by atoms with E-state index in [2.05, 4.69) is 16.1 Å². The topological polar surface area (TPSA) is 45.1 Å². The fraction of sp³-hybridized carbons (Fsp3) is 0.750. The van der Waals surface area contributed by atoms with Gasteiger partial charge in [-0.3, -0.25) is 4.99 Å². The molecule has 0 aromatic carbocycles. The molecule has 3 aliphatic heterocycles. The molecule has 1 saturated heterocycles. The van der Waals surface area contributed by atoms with E-state index in [4.69, 9.17) is 4.74 Å². The van der Waals surface area contributed by atoms with Crippen molar-refractivity contribution in [2.24, 2.45) is 10.9 Å². The van der Waals surface area contributed by atoms with E-state index >= 15 is 0 Å². The summed E-state index contributed by atoms with van der Waals surface area (Å²) in [6.45, 7) is 9.32. The van der Waals surface area contributed by atoms with Gasteiger partial charge < -0.3 is 14.5 Å². The number of fused-ring (bicyclic) bond motifs is 1. The van der Waals surface area contributed by atoms with Gasteiger partial charge in [-0.05, 0) is 46.0 Å². The lowest BCUT2D eigenvalue weighted by Crippen LogP contribution is -2.41. The van der Waals surface area contributed by atoms with Crippen LogP contribution >= 0.6 is 11.8 Å². The first kappa shape index (κ1) is 15.7. The summed E-state index contributed by atoms with van der Waals surface area (Å²) in [5.41, 5.74) is -0.411. The molecule has 22 heavy (non-hydrogen) atoms. The van der Waals surface area contributed by atoms with Crippen LogP contribution in [-0.2, 0) is 4.74 Å². The summed E-state index contributed by atoms with van der Waals surface area (Å²) in [6, 6.07) is 0. The van der Waals surface area contributed by atoms with Gasteiger partial charge in [0.2, 0.25) is 0 Å². The van der Waals surface area contributed by atoms with E-state index < -0.39 is 5.60 Å². The Morgan fingerprint density at radius 2 is 2.09 bits per heavy atom. The van der Waals surface area contributed by atoms with Gasteiger partial charge in [0.1, 0.15) is 5.60 Å². The van der Waals surface area contributed by atoms with Crippen LogP contribution in [-0.4, -0.2) is 52.8 Å². The zero-order valence-electron chi connectivity index (χ0n) is 13.7. The Balaban J connectivity index is 1.44. The third-order valence-corrected chi connectivity index (χ3v) is 5.19. The van der Waals surface area contributed by atoms with Gasteiger partial charge in [-0.2, -0.15) is 0 Å². The molecule has 0 bridgehead atoms. The Hall–Kier alpha value is -1.17. The van der Waals surface area contributed by atoms with E-state index in [-0.39, 0.29) is 6.09 Å². The number of hydrogen-bond acceptors (Lipinski definition) is 5. The molecule has 0 radical (unpaired) electrons. The molecule has 0 aliphatic carbocycles. The van der Waals surface area contributed by atoms with Crippen molar-refractivity contribution >= 4 is 23.0 Å². The van der Waals surface area contributed by atoms with Gasteiger partial charge in [-0.1, -0.05) is 11.8 Å². The fourth-order valence-electron chi connectivity index (χ4n) is 2.99. The Morgan fingerprint density at radius 3 is 2.73 bits per heavy atom. The lowest BCUT2D eigenvalue weighted by molar-refractivity contribution is 0.0185. The number of thioether (sulfide) groups is 1. The smallest absolute Gasteiger partial charge is 0.410 e. The lowest BCUT2D eigenvalue weighted by atomic mass is 9.93. The second-order valence-corrected chi connectivity index (χ2v) is 8.26. The van der Waals surface area contributed by atoms with Crippen LogP contribution in [0.5, 0.6) is 0 Å². The number of amidine groups is 1. The molecule has 0 N–H and O–H groups in total. The first-order valence-corrected chi connectivity index (χ1v) is 8.90. The van der Waals surface area contributed by atoms with Crippen LogP contribution in [0.25, 0.3) is 0 Å². The predicted molar refractivity (Wildman–Crippen MR) is 89.8 cm³/mol. The van der Waals surface area contributed by atoms with E-state index in [9.17, 15) is 4.79 Å². The van der Waals surface area contributed by atoms with Crippen molar-refractivity contribution in [3.8, 4) is 0 Å². The van der Waals surface area contributed by atoms with Crippen LogP contribution in [0.3, 0.4) is 0 Å². The Morgan fingerprint density at radius 1 is 1.36 bits per heavy atom. The zero-order chi connectivity index (χ0) is 15.7. The Kier molecular flexibility index (Phi) is 4.39. The van der Waals surface area contributed by atoms with Crippen molar-refractivity contribution in [2.75, 3.05) is 26.2 Å². The maximum atomic E-state index is 12.1. The minimum absolute atomic E-state index is 0.171. The molecule has 0 aromatic rings. The van der Waals surface area contributed by atoms with Crippen LogP contribution < -0.4 is 0 Å². The molecule has 0 aromatic heterocycles. The standard InChI is InChI=1S/C16H25N3O2S/c1-16(2,3)21-15(20)18-7-4-12(5-8-18)10-13-11-19-9-6-17-14(19)22-13/h11-12H,4-10H2,1-3H3. The van der Waals surface area contributed by atoms with E-state index in [0.717, 1.165) is 45.4 Å². The fourth-order valence-corrected chi connectivity index (χ4v) is 4.14. The molecule has 6 heteroatoms. The summed E-state index contributed by atoms with van der Waals surface area (Å²) in [5.74, 6) is 0.665. The quantitative estimate of drug-likeness (QED) is 0.782. The molecule has 3 aliphatic rings. The Bertz CT molecular complexity index is 502. The number of amides is 1.